The maximum atomic E-state index is 4.81. The zero-order valence-electron chi connectivity index (χ0n) is 14.3. The molecule has 0 bridgehead atoms. The lowest BCUT2D eigenvalue weighted by atomic mass is 9.99. The molecular weight excluding hydrogens is 328 g/mol. The molecule has 25 heavy (non-hydrogen) atoms. The van der Waals surface area contributed by atoms with Gasteiger partial charge in [-0.05, 0) is 48.4 Å². The highest BCUT2D eigenvalue weighted by molar-refractivity contribution is 7.10. The van der Waals surface area contributed by atoms with Gasteiger partial charge in [-0.25, -0.2) is 4.98 Å². The highest BCUT2D eigenvalue weighted by Crippen LogP contribution is 2.29. The molecule has 0 N–H and O–H groups in total. The summed E-state index contributed by atoms with van der Waals surface area (Å²) in [6, 6.07) is 11.1. The standard InChI is InChI=1S/C20H22N4S/c1-2-4-18-17(3-1)21-13-20(22-18)23-9-5-16(6-10-23)24-11-7-19-15(14-24)8-12-25-19/h1-4,8,12-13,16H,5-7,9-11,14H2. The maximum absolute atomic E-state index is 4.81. The molecular formula is C20H22N4S. The Balaban J connectivity index is 1.26. The molecule has 4 nitrogen and oxygen atoms in total. The van der Waals surface area contributed by atoms with E-state index < -0.39 is 0 Å². The summed E-state index contributed by atoms with van der Waals surface area (Å²) in [5.41, 5.74) is 3.52. The highest BCUT2D eigenvalue weighted by atomic mass is 32.1. The van der Waals surface area contributed by atoms with Crippen LogP contribution in [0.5, 0.6) is 0 Å². The van der Waals surface area contributed by atoms with Crippen molar-refractivity contribution in [2.45, 2.75) is 31.8 Å². The van der Waals surface area contributed by atoms with E-state index in [-0.39, 0.29) is 0 Å². The Bertz CT molecular complexity index is 882. The molecule has 1 aromatic carbocycles. The van der Waals surface area contributed by atoms with Gasteiger partial charge < -0.3 is 4.90 Å². The fourth-order valence-electron chi connectivity index (χ4n) is 4.14. The Morgan fingerprint density at radius 2 is 1.84 bits per heavy atom. The molecule has 0 saturated carbocycles. The van der Waals surface area contributed by atoms with Crippen molar-refractivity contribution in [3.63, 3.8) is 0 Å². The normalized spacial score (nSPS) is 19.3. The fourth-order valence-corrected chi connectivity index (χ4v) is 5.03. The monoisotopic (exact) mass is 350 g/mol. The van der Waals surface area contributed by atoms with Gasteiger partial charge in [0, 0.05) is 37.1 Å². The summed E-state index contributed by atoms with van der Waals surface area (Å²) in [6.45, 7) is 4.50. The lowest BCUT2D eigenvalue weighted by Crippen LogP contribution is -2.46. The largest absolute Gasteiger partial charge is 0.355 e. The van der Waals surface area contributed by atoms with Crippen LogP contribution >= 0.6 is 11.3 Å². The zero-order valence-corrected chi connectivity index (χ0v) is 15.1. The summed E-state index contributed by atoms with van der Waals surface area (Å²) in [5, 5.41) is 2.25. The van der Waals surface area contributed by atoms with Crippen LogP contribution in [0.1, 0.15) is 23.3 Å². The van der Waals surface area contributed by atoms with E-state index in [2.05, 4.69) is 26.2 Å². The van der Waals surface area contributed by atoms with Gasteiger partial charge >= 0.3 is 0 Å². The molecule has 2 aliphatic heterocycles. The van der Waals surface area contributed by atoms with E-state index in [0.717, 1.165) is 36.5 Å². The first-order valence-corrected chi connectivity index (χ1v) is 10.0. The summed E-state index contributed by atoms with van der Waals surface area (Å²) >= 11 is 1.92. The number of para-hydroxylation sites is 2. The zero-order chi connectivity index (χ0) is 16.6. The third-order valence-electron chi connectivity index (χ3n) is 5.58. The van der Waals surface area contributed by atoms with Crippen LogP contribution in [0.4, 0.5) is 5.82 Å². The minimum Gasteiger partial charge on any atom is -0.355 e. The molecule has 1 fully saturated rings. The highest BCUT2D eigenvalue weighted by Gasteiger charge is 2.28. The molecule has 2 aliphatic rings. The van der Waals surface area contributed by atoms with Crippen LogP contribution in [0.3, 0.4) is 0 Å². The third kappa shape index (κ3) is 2.92. The molecule has 4 heterocycles. The van der Waals surface area contributed by atoms with Gasteiger partial charge in [-0.1, -0.05) is 12.1 Å². The van der Waals surface area contributed by atoms with Gasteiger partial charge in [0.2, 0.25) is 0 Å². The van der Waals surface area contributed by atoms with Crippen LogP contribution in [0.15, 0.2) is 41.9 Å². The number of anilines is 1. The van der Waals surface area contributed by atoms with Gasteiger partial charge in [-0.2, -0.15) is 0 Å². The molecule has 0 atom stereocenters. The maximum Gasteiger partial charge on any atom is 0.147 e. The van der Waals surface area contributed by atoms with Gasteiger partial charge in [0.1, 0.15) is 5.82 Å². The first-order valence-electron chi connectivity index (χ1n) is 9.13. The average molecular weight is 350 g/mol. The van der Waals surface area contributed by atoms with E-state index in [1.165, 1.54) is 25.8 Å². The van der Waals surface area contributed by atoms with Crippen LogP contribution in [0, 0.1) is 0 Å². The molecule has 0 aliphatic carbocycles. The lowest BCUT2D eigenvalue weighted by molar-refractivity contribution is 0.154. The molecule has 5 rings (SSSR count). The van der Waals surface area contributed by atoms with Gasteiger partial charge in [0.25, 0.3) is 0 Å². The van der Waals surface area contributed by atoms with Crippen LogP contribution in [0.2, 0.25) is 0 Å². The van der Waals surface area contributed by atoms with E-state index in [1.54, 1.807) is 10.4 Å². The summed E-state index contributed by atoms with van der Waals surface area (Å²) < 4.78 is 0. The summed E-state index contributed by atoms with van der Waals surface area (Å²) in [6.07, 6.45) is 5.59. The molecule has 0 spiro atoms. The second kappa shape index (κ2) is 6.39. The van der Waals surface area contributed by atoms with Crippen LogP contribution in [0.25, 0.3) is 11.0 Å². The SMILES string of the molecule is c1ccc2nc(N3CCC(N4CCc5sccc5C4)CC3)cnc2c1. The molecule has 2 aromatic heterocycles. The van der Waals surface area contributed by atoms with Gasteiger partial charge in [0.05, 0.1) is 17.2 Å². The number of fused-ring (bicyclic) bond motifs is 2. The molecule has 1 saturated heterocycles. The lowest BCUT2D eigenvalue weighted by Gasteiger charge is -2.40. The predicted molar refractivity (Wildman–Crippen MR) is 103 cm³/mol. The number of piperidine rings is 1. The van der Waals surface area contributed by atoms with Crippen molar-refractivity contribution < 1.29 is 0 Å². The molecule has 0 unspecified atom stereocenters. The van der Waals surface area contributed by atoms with Crippen molar-refractivity contribution in [2.24, 2.45) is 0 Å². The van der Waals surface area contributed by atoms with Gasteiger partial charge in [-0.15, -0.1) is 11.3 Å². The molecule has 0 radical (unpaired) electrons. The van der Waals surface area contributed by atoms with Crippen molar-refractivity contribution in [3.8, 4) is 0 Å². The van der Waals surface area contributed by atoms with Crippen molar-refractivity contribution in [1.82, 2.24) is 14.9 Å². The van der Waals surface area contributed by atoms with E-state index in [4.69, 9.17) is 4.98 Å². The van der Waals surface area contributed by atoms with E-state index in [1.807, 2.05) is 41.8 Å². The van der Waals surface area contributed by atoms with Crippen molar-refractivity contribution in [1.29, 1.82) is 0 Å². The third-order valence-corrected chi connectivity index (χ3v) is 6.60. The molecule has 128 valence electrons. The second-order valence-electron chi connectivity index (χ2n) is 7.02. The Morgan fingerprint density at radius 1 is 1.00 bits per heavy atom. The average Bonchev–Trinajstić information content (AvgIpc) is 3.15. The second-order valence-corrected chi connectivity index (χ2v) is 8.03. The molecule has 3 aromatic rings. The first kappa shape index (κ1) is 15.3. The number of nitrogens with zero attached hydrogens (tertiary/aromatic N) is 4. The topological polar surface area (TPSA) is 32.3 Å². The van der Waals surface area contributed by atoms with Gasteiger partial charge in [-0.3, -0.25) is 9.88 Å². The van der Waals surface area contributed by atoms with E-state index in [0.29, 0.717) is 6.04 Å². The summed E-state index contributed by atoms with van der Waals surface area (Å²) in [7, 11) is 0. The Hall–Kier alpha value is -1.98. The molecule has 0 amide bonds. The quantitative estimate of drug-likeness (QED) is 0.705. The van der Waals surface area contributed by atoms with Crippen molar-refractivity contribution in [2.75, 3.05) is 24.5 Å². The fraction of sp³-hybridized carbons (Fsp3) is 0.400. The van der Waals surface area contributed by atoms with E-state index >= 15 is 0 Å². The van der Waals surface area contributed by atoms with Crippen molar-refractivity contribution in [3.05, 3.63) is 52.3 Å². The van der Waals surface area contributed by atoms with Crippen LogP contribution in [-0.2, 0) is 13.0 Å². The number of aromatic nitrogens is 2. The summed E-state index contributed by atoms with van der Waals surface area (Å²) in [5.74, 6) is 1.02. The predicted octanol–water partition coefficient (Wildman–Crippen LogP) is 3.72. The number of hydrogen-bond acceptors (Lipinski definition) is 5. The van der Waals surface area contributed by atoms with E-state index in [9.17, 15) is 0 Å². The number of benzene rings is 1. The van der Waals surface area contributed by atoms with Crippen LogP contribution < -0.4 is 4.90 Å². The minimum absolute atomic E-state index is 0.706. The number of hydrogen-bond donors (Lipinski definition) is 0. The van der Waals surface area contributed by atoms with Crippen molar-refractivity contribution >= 4 is 28.2 Å². The first-order chi connectivity index (χ1) is 12.4. The number of rotatable bonds is 2. The Labute approximate surface area is 152 Å². The smallest absolute Gasteiger partial charge is 0.147 e. The minimum atomic E-state index is 0.706. The summed E-state index contributed by atoms with van der Waals surface area (Å²) in [4.78, 5) is 16.1. The Morgan fingerprint density at radius 3 is 2.72 bits per heavy atom. The Kier molecular flexibility index (Phi) is 3.91. The van der Waals surface area contributed by atoms with Gasteiger partial charge in [0.15, 0.2) is 0 Å². The number of thiophene rings is 1. The van der Waals surface area contributed by atoms with Crippen LogP contribution in [-0.4, -0.2) is 40.5 Å². The molecule has 5 heteroatoms.